The molecule has 81 heavy (non-hydrogen) atoms. The van der Waals surface area contributed by atoms with Crippen molar-refractivity contribution >= 4 is 57.2 Å². The van der Waals surface area contributed by atoms with E-state index in [0.29, 0.717) is 11.8 Å². The third kappa shape index (κ3) is 8.91. The Labute approximate surface area is 479 Å². The van der Waals surface area contributed by atoms with Gasteiger partial charge in [0.1, 0.15) is 0 Å². The highest BCUT2D eigenvalue weighted by molar-refractivity contribution is 7.00. The normalized spacial score (nSPS) is 15.0. The van der Waals surface area contributed by atoms with Crippen molar-refractivity contribution in [3.63, 3.8) is 0 Å². The summed E-state index contributed by atoms with van der Waals surface area (Å²) in [5, 5.41) is 0. The third-order valence-corrected chi connectivity index (χ3v) is 18.4. The van der Waals surface area contributed by atoms with Crippen LogP contribution in [0.1, 0.15) is 87.2 Å². The van der Waals surface area contributed by atoms with Crippen LogP contribution in [-0.2, 0) is 0 Å². The Hall–Kier alpha value is -8.92. The van der Waals surface area contributed by atoms with Crippen LogP contribution in [-0.4, -0.2) is 6.71 Å². The second kappa shape index (κ2) is 21.3. The maximum Gasteiger partial charge on any atom is 0.252 e. The van der Waals surface area contributed by atoms with Crippen molar-refractivity contribution in [1.29, 1.82) is 0 Å². The van der Waals surface area contributed by atoms with E-state index in [0.717, 1.165) is 11.4 Å². The molecule has 3 heteroatoms. The summed E-state index contributed by atoms with van der Waals surface area (Å²) in [5.41, 5.74) is 29.0. The lowest BCUT2D eigenvalue weighted by Gasteiger charge is -2.45. The lowest BCUT2D eigenvalue weighted by atomic mass is 9.33. The molecule has 0 radical (unpaired) electrons. The minimum Gasteiger partial charge on any atom is -0.311 e. The van der Waals surface area contributed by atoms with E-state index in [1.54, 1.807) is 0 Å². The first-order chi connectivity index (χ1) is 40.2. The number of fused-ring (bicyclic) bond motifs is 4. The topological polar surface area (TPSA) is 6.48 Å². The maximum atomic E-state index is 2.67. The molecule has 0 spiro atoms. The fraction of sp³-hybridized carbons (Fsp3) is 0.154. The SMILES string of the molecule is c1ccc(-c2cc(N3c4cc(C5CCCCC5)ccc4B4c5ccc(C6CCCCC6)cc5N(c5cc(-c6ccccc6)c(-c6ccccc6)c(-c6ccccc6)c5)c5cccc3c54)cc(-c3ccccc3)c2-c2ccccc2)cc1. The van der Waals surface area contributed by atoms with Gasteiger partial charge in [0.05, 0.1) is 0 Å². The monoisotopic (exact) mass is 1040 g/mol. The molecular formula is C78H65BN2. The van der Waals surface area contributed by atoms with Crippen molar-refractivity contribution in [2.24, 2.45) is 0 Å². The molecule has 0 saturated heterocycles. The Balaban J connectivity index is 1.03. The minimum atomic E-state index is 0.00562. The highest BCUT2D eigenvalue weighted by Crippen LogP contribution is 2.52. The summed E-state index contributed by atoms with van der Waals surface area (Å²) >= 11 is 0. The van der Waals surface area contributed by atoms with E-state index >= 15 is 0 Å². The van der Waals surface area contributed by atoms with E-state index in [2.05, 4.69) is 271 Å². The van der Waals surface area contributed by atoms with Crippen LogP contribution < -0.4 is 26.2 Å². The van der Waals surface area contributed by atoms with Gasteiger partial charge in [-0.25, -0.2) is 0 Å². The van der Waals surface area contributed by atoms with Crippen LogP contribution in [0.3, 0.4) is 0 Å². The van der Waals surface area contributed by atoms with Crippen molar-refractivity contribution in [1.82, 2.24) is 0 Å². The molecule has 2 nitrogen and oxygen atoms in total. The first-order valence-corrected chi connectivity index (χ1v) is 29.9. The molecule has 15 rings (SSSR count). The third-order valence-electron chi connectivity index (χ3n) is 18.4. The van der Waals surface area contributed by atoms with Crippen molar-refractivity contribution in [3.8, 4) is 66.8 Å². The first kappa shape index (κ1) is 49.2. The van der Waals surface area contributed by atoms with Crippen molar-refractivity contribution in [2.75, 3.05) is 9.80 Å². The standard InChI is InChI=1S/C78H65BN2/c1-9-26-54(27-10-1)62-44-46-70-74(48-62)80(64-50-66(56-30-13-3-14-31-56)76(60-38-21-7-22-39-60)67(51-64)57-32-15-4-16-33-57)72-42-25-43-73-78(72)79(70)71-47-45-63(55-28-11-2-12-29-55)49-75(71)81(73)65-52-68(58-34-17-5-18-35-58)77(61-40-23-8-24-41-61)69(53-65)59-36-19-6-20-37-59/h3-8,13-25,30-55H,1-2,9-12,26-29H2. The molecule has 11 aromatic carbocycles. The number of rotatable bonds is 10. The zero-order valence-electron chi connectivity index (χ0n) is 46.0. The minimum absolute atomic E-state index is 0.00562. The van der Waals surface area contributed by atoms with Crippen LogP contribution in [0.4, 0.5) is 34.1 Å². The van der Waals surface area contributed by atoms with Gasteiger partial charge >= 0.3 is 0 Å². The second-order valence-electron chi connectivity index (χ2n) is 23.1. The molecule has 390 valence electrons. The number of anilines is 6. The molecule has 2 aliphatic carbocycles. The predicted octanol–water partition coefficient (Wildman–Crippen LogP) is 19.9. The quantitative estimate of drug-likeness (QED) is 0.126. The van der Waals surface area contributed by atoms with Gasteiger partial charge in [-0.05, 0) is 180 Å². The van der Waals surface area contributed by atoms with Crippen LogP contribution in [0, 0.1) is 0 Å². The lowest BCUT2D eigenvalue weighted by Crippen LogP contribution is -2.61. The highest BCUT2D eigenvalue weighted by Gasteiger charge is 2.44. The van der Waals surface area contributed by atoms with Gasteiger partial charge in [0, 0.05) is 34.1 Å². The molecule has 0 N–H and O–H groups in total. The maximum absolute atomic E-state index is 2.67. The average molecular weight is 1040 g/mol. The highest BCUT2D eigenvalue weighted by atomic mass is 15.2. The second-order valence-corrected chi connectivity index (χ2v) is 23.1. The summed E-state index contributed by atoms with van der Waals surface area (Å²) in [7, 11) is 0. The molecule has 0 atom stereocenters. The molecule has 0 amide bonds. The summed E-state index contributed by atoms with van der Waals surface area (Å²) in [6.45, 7) is 0.00562. The molecule has 0 unspecified atom stereocenters. The molecule has 2 heterocycles. The fourth-order valence-corrected chi connectivity index (χ4v) is 14.6. The van der Waals surface area contributed by atoms with Gasteiger partial charge in [-0.2, -0.15) is 0 Å². The van der Waals surface area contributed by atoms with Crippen LogP contribution in [0.5, 0.6) is 0 Å². The summed E-state index contributed by atoms with van der Waals surface area (Å²) in [6.07, 6.45) is 12.8. The predicted molar refractivity (Wildman–Crippen MR) is 345 cm³/mol. The van der Waals surface area contributed by atoms with Crippen molar-refractivity contribution < 1.29 is 0 Å². The Morgan fingerprint density at radius 3 is 0.901 bits per heavy atom. The van der Waals surface area contributed by atoms with Crippen molar-refractivity contribution in [2.45, 2.75) is 76.0 Å². The molecule has 4 aliphatic rings. The van der Waals surface area contributed by atoms with Crippen LogP contribution in [0.2, 0.25) is 0 Å². The van der Waals surface area contributed by atoms with Crippen LogP contribution in [0.15, 0.2) is 261 Å². The van der Waals surface area contributed by atoms with E-state index in [4.69, 9.17) is 0 Å². The molecule has 0 bridgehead atoms. The fourth-order valence-electron chi connectivity index (χ4n) is 14.6. The Morgan fingerprint density at radius 1 is 0.272 bits per heavy atom. The summed E-state index contributed by atoms with van der Waals surface area (Å²) < 4.78 is 0. The number of hydrogen-bond donors (Lipinski definition) is 0. The van der Waals surface area contributed by atoms with Crippen LogP contribution in [0.25, 0.3) is 66.8 Å². The summed E-state index contributed by atoms with van der Waals surface area (Å²) in [4.78, 5) is 5.35. The van der Waals surface area contributed by atoms with E-state index in [-0.39, 0.29) is 6.71 Å². The van der Waals surface area contributed by atoms with E-state index in [1.165, 1.54) is 181 Å². The zero-order valence-corrected chi connectivity index (χ0v) is 46.0. The lowest BCUT2D eigenvalue weighted by molar-refractivity contribution is 0.444. The van der Waals surface area contributed by atoms with Crippen LogP contribution >= 0.6 is 0 Å². The number of benzene rings is 11. The van der Waals surface area contributed by atoms with Gasteiger partial charge in [0.15, 0.2) is 0 Å². The largest absolute Gasteiger partial charge is 0.311 e. The van der Waals surface area contributed by atoms with E-state index in [9.17, 15) is 0 Å². The molecule has 2 fully saturated rings. The summed E-state index contributed by atoms with van der Waals surface area (Å²) in [6, 6.07) is 99.1. The van der Waals surface area contributed by atoms with Gasteiger partial charge in [0.25, 0.3) is 6.71 Å². The Kier molecular flexibility index (Phi) is 12.9. The molecule has 11 aromatic rings. The number of nitrogens with zero attached hydrogens (tertiary/aromatic N) is 2. The Bertz CT molecular complexity index is 3670. The van der Waals surface area contributed by atoms with Gasteiger partial charge in [-0.3, -0.25) is 0 Å². The molecule has 2 aliphatic heterocycles. The average Bonchev–Trinajstić information content (AvgIpc) is 3.63. The number of hydrogen-bond acceptors (Lipinski definition) is 2. The van der Waals surface area contributed by atoms with Gasteiger partial charge < -0.3 is 9.80 Å². The first-order valence-electron chi connectivity index (χ1n) is 29.9. The Morgan fingerprint density at radius 2 is 0.580 bits per heavy atom. The zero-order chi connectivity index (χ0) is 53.6. The smallest absolute Gasteiger partial charge is 0.252 e. The molecular weight excluding hydrogens is 976 g/mol. The van der Waals surface area contributed by atoms with E-state index < -0.39 is 0 Å². The van der Waals surface area contributed by atoms with Gasteiger partial charge in [0.2, 0.25) is 0 Å². The molecule has 2 saturated carbocycles. The van der Waals surface area contributed by atoms with Crippen molar-refractivity contribution in [3.05, 3.63) is 272 Å². The van der Waals surface area contributed by atoms with Gasteiger partial charge in [-0.15, -0.1) is 0 Å². The van der Waals surface area contributed by atoms with Gasteiger partial charge in [-0.1, -0.05) is 251 Å². The van der Waals surface area contributed by atoms with E-state index in [1.807, 2.05) is 0 Å². The summed E-state index contributed by atoms with van der Waals surface area (Å²) in [5.74, 6) is 1.09. The molecule has 0 aromatic heterocycles.